The van der Waals surface area contributed by atoms with Gasteiger partial charge < -0.3 is 22.9 Å². The van der Waals surface area contributed by atoms with E-state index in [4.69, 9.17) is 4.74 Å². The minimum atomic E-state index is -0.542. The molecule has 7 heteroatoms. The van der Waals surface area contributed by atoms with E-state index in [-0.39, 0.29) is 31.0 Å². The fraction of sp³-hybridized carbons (Fsp3) is 0.333. The van der Waals surface area contributed by atoms with Crippen LogP contribution in [0.2, 0.25) is 0 Å². The van der Waals surface area contributed by atoms with Gasteiger partial charge in [0.2, 0.25) is 0 Å². The molecule has 0 aliphatic carbocycles. The molecule has 1 aromatic rings. The third-order valence-electron chi connectivity index (χ3n) is 2.83. The monoisotopic (exact) mass is 285 g/mol. The van der Waals surface area contributed by atoms with Crippen LogP contribution in [0, 0.1) is 0 Å². The molecule has 104 valence electrons. The fourth-order valence-corrected chi connectivity index (χ4v) is 1.66. The van der Waals surface area contributed by atoms with E-state index in [0.29, 0.717) is 6.54 Å². The summed E-state index contributed by atoms with van der Waals surface area (Å²) < 4.78 is 5.10. The van der Waals surface area contributed by atoms with E-state index in [1.54, 1.807) is 0 Å². The van der Waals surface area contributed by atoms with E-state index in [2.05, 4.69) is 5.73 Å². The Kier molecular flexibility index (Phi) is 5.14. The van der Waals surface area contributed by atoms with E-state index >= 15 is 0 Å². The van der Waals surface area contributed by atoms with E-state index in [1.807, 2.05) is 30.3 Å². The number of amides is 2. The van der Waals surface area contributed by atoms with Crippen LogP contribution in [0.3, 0.4) is 0 Å². The van der Waals surface area contributed by atoms with E-state index in [9.17, 15) is 9.59 Å². The van der Waals surface area contributed by atoms with Crippen LogP contribution in [0.25, 0.3) is 0 Å². The number of hydrazine groups is 1. The summed E-state index contributed by atoms with van der Waals surface area (Å²) >= 11 is 0. The Hall–Kier alpha value is -1.79. The number of benzene rings is 1. The highest BCUT2D eigenvalue weighted by Gasteiger charge is 2.41. The van der Waals surface area contributed by atoms with Gasteiger partial charge in [0, 0.05) is 7.05 Å². The Morgan fingerprint density at radius 3 is 2.63 bits per heavy atom. The van der Waals surface area contributed by atoms with Gasteiger partial charge in [-0.1, -0.05) is 30.3 Å². The topological polar surface area (TPSA) is 77.5 Å². The number of β-lactam (4-membered cyclic amide) rings is 1. The van der Waals surface area contributed by atoms with Gasteiger partial charge in [0.15, 0.2) is 6.04 Å². The van der Waals surface area contributed by atoms with Crippen LogP contribution in [0.1, 0.15) is 5.56 Å². The first-order valence-corrected chi connectivity index (χ1v) is 5.68. The zero-order chi connectivity index (χ0) is 13.1. The largest absolute Gasteiger partial charge is 1.00 e. The number of carbonyl (C=O) groups is 2. The van der Waals surface area contributed by atoms with Crippen molar-refractivity contribution in [1.82, 2.24) is 10.0 Å². The Bertz CT molecular complexity index is 455. The molecule has 1 aliphatic rings. The van der Waals surface area contributed by atoms with Gasteiger partial charge in [0.05, 0.1) is 0 Å². The maximum Gasteiger partial charge on any atom is 0.428 e. The van der Waals surface area contributed by atoms with Crippen LogP contribution in [-0.2, 0) is 16.1 Å². The zero-order valence-corrected chi connectivity index (χ0v) is 11.3. The molecule has 1 aliphatic heterocycles. The highest BCUT2D eigenvalue weighted by atomic mass is 35.5. The number of quaternary nitrogens is 1. The van der Waals surface area contributed by atoms with Crippen LogP contribution in [0.5, 0.6) is 0 Å². The molecule has 19 heavy (non-hydrogen) atoms. The number of hydrogen-bond acceptors (Lipinski definition) is 3. The molecule has 0 spiro atoms. The third kappa shape index (κ3) is 3.36. The Balaban J connectivity index is 0.00000180. The van der Waals surface area contributed by atoms with Gasteiger partial charge in [-0.25, -0.2) is 14.8 Å². The van der Waals surface area contributed by atoms with Crippen molar-refractivity contribution < 1.29 is 32.5 Å². The highest BCUT2D eigenvalue weighted by Crippen LogP contribution is 2.11. The van der Waals surface area contributed by atoms with Crippen molar-refractivity contribution >= 4 is 12.0 Å². The summed E-state index contributed by atoms with van der Waals surface area (Å²) in [5, 5.41) is 2.51. The standard InChI is InChI=1S/C12H15N3O3.ClH/c1-14(15-7-10(13)11(15)16)12(17)18-8-9-5-3-2-4-6-9;/h2-6,10H,7-8,13H2,1H3;1H/t10-;/m0./s1. The van der Waals surface area contributed by atoms with Gasteiger partial charge in [-0.3, -0.25) is 4.79 Å². The molecule has 1 atom stereocenters. The molecule has 0 radical (unpaired) electrons. The Labute approximate surface area is 117 Å². The van der Waals surface area contributed by atoms with Gasteiger partial charge in [-0.15, -0.1) is 0 Å². The molecule has 1 saturated heterocycles. The van der Waals surface area contributed by atoms with Crippen molar-refractivity contribution in [2.45, 2.75) is 12.6 Å². The quantitative estimate of drug-likeness (QED) is 0.589. The molecule has 0 aromatic heterocycles. The fourth-order valence-electron chi connectivity index (χ4n) is 1.66. The second kappa shape index (κ2) is 6.40. The summed E-state index contributed by atoms with van der Waals surface area (Å²) in [5.74, 6) is -0.158. The van der Waals surface area contributed by atoms with Crippen LogP contribution in [0.4, 0.5) is 4.79 Å². The number of rotatable bonds is 3. The maximum atomic E-state index is 11.7. The lowest BCUT2D eigenvalue weighted by Gasteiger charge is -2.38. The third-order valence-corrected chi connectivity index (χ3v) is 2.83. The van der Waals surface area contributed by atoms with Gasteiger partial charge in [0.25, 0.3) is 0 Å². The number of halogens is 1. The molecule has 2 rings (SSSR count). The SMILES string of the molecule is CN(C(=O)OCc1ccccc1)N1C[C@H]([NH3+])C1=O.[Cl-]. The average Bonchev–Trinajstić information content (AvgIpc) is 2.42. The zero-order valence-electron chi connectivity index (χ0n) is 10.6. The van der Waals surface area contributed by atoms with Crippen LogP contribution in [-0.4, -0.2) is 41.7 Å². The summed E-state index contributed by atoms with van der Waals surface area (Å²) in [6.07, 6.45) is -0.542. The average molecular weight is 286 g/mol. The van der Waals surface area contributed by atoms with Crippen LogP contribution < -0.4 is 18.1 Å². The second-order valence-electron chi connectivity index (χ2n) is 4.18. The predicted molar refractivity (Wildman–Crippen MR) is 62.8 cm³/mol. The van der Waals surface area contributed by atoms with Gasteiger partial charge in [-0.05, 0) is 5.56 Å². The summed E-state index contributed by atoms with van der Waals surface area (Å²) in [6, 6.07) is 9.12. The van der Waals surface area contributed by atoms with Crippen LogP contribution in [0.15, 0.2) is 30.3 Å². The van der Waals surface area contributed by atoms with Crippen molar-refractivity contribution in [3.05, 3.63) is 35.9 Å². The lowest BCUT2D eigenvalue weighted by molar-refractivity contribution is -0.427. The van der Waals surface area contributed by atoms with Crippen molar-refractivity contribution in [1.29, 1.82) is 0 Å². The first-order valence-electron chi connectivity index (χ1n) is 5.68. The van der Waals surface area contributed by atoms with Crippen molar-refractivity contribution in [2.24, 2.45) is 0 Å². The molecule has 1 heterocycles. The van der Waals surface area contributed by atoms with Gasteiger partial charge >= 0.3 is 12.0 Å². The highest BCUT2D eigenvalue weighted by molar-refractivity contribution is 5.87. The predicted octanol–water partition coefficient (Wildman–Crippen LogP) is -3.37. The normalized spacial score (nSPS) is 17.3. The number of carbonyl (C=O) groups excluding carboxylic acids is 2. The molecule has 0 unspecified atom stereocenters. The minimum Gasteiger partial charge on any atom is -1.00 e. The van der Waals surface area contributed by atoms with Gasteiger partial charge in [0.1, 0.15) is 13.2 Å². The van der Waals surface area contributed by atoms with E-state index in [0.717, 1.165) is 5.56 Å². The molecule has 2 amide bonds. The lowest BCUT2D eigenvalue weighted by atomic mass is 10.1. The van der Waals surface area contributed by atoms with Crippen LogP contribution >= 0.6 is 0 Å². The molecule has 0 saturated carbocycles. The molecule has 6 nitrogen and oxygen atoms in total. The minimum absolute atomic E-state index is 0. The molecule has 3 N–H and O–H groups in total. The first kappa shape index (κ1) is 15.3. The number of nitrogens with zero attached hydrogens (tertiary/aromatic N) is 2. The smallest absolute Gasteiger partial charge is 0.428 e. The van der Waals surface area contributed by atoms with Crippen molar-refractivity contribution in [2.75, 3.05) is 13.6 Å². The first-order chi connectivity index (χ1) is 8.59. The summed E-state index contributed by atoms with van der Waals surface area (Å²) in [7, 11) is 1.51. The Morgan fingerprint density at radius 1 is 1.47 bits per heavy atom. The Morgan fingerprint density at radius 2 is 2.11 bits per heavy atom. The van der Waals surface area contributed by atoms with E-state index in [1.165, 1.54) is 17.1 Å². The summed E-state index contributed by atoms with van der Waals surface area (Å²) in [4.78, 5) is 23.1. The molecule has 1 aromatic carbocycles. The maximum absolute atomic E-state index is 11.7. The van der Waals surface area contributed by atoms with E-state index < -0.39 is 6.09 Å². The summed E-state index contributed by atoms with van der Waals surface area (Å²) in [5.41, 5.74) is 4.55. The van der Waals surface area contributed by atoms with Crippen molar-refractivity contribution in [3.8, 4) is 0 Å². The second-order valence-corrected chi connectivity index (χ2v) is 4.18. The molecular formula is C12H16ClN3O3. The molecular weight excluding hydrogens is 270 g/mol. The lowest BCUT2D eigenvalue weighted by Crippen LogP contribution is -3.00. The number of ether oxygens (including phenoxy) is 1. The van der Waals surface area contributed by atoms with Gasteiger partial charge in [-0.2, -0.15) is 0 Å². The summed E-state index contributed by atoms with van der Waals surface area (Å²) in [6.45, 7) is 0.648. The number of hydrogen-bond donors (Lipinski definition) is 1. The van der Waals surface area contributed by atoms with Crippen molar-refractivity contribution in [3.63, 3.8) is 0 Å². The molecule has 1 fully saturated rings. The molecule has 0 bridgehead atoms.